The van der Waals surface area contributed by atoms with Crippen molar-refractivity contribution >= 4 is 22.9 Å². The van der Waals surface area contributed by atoms with Crippen LogP contribution < -0.4 is 10.1 Å². The normalized spacial score (nSPS) is 16.4. The van der Waals surface area contributed by atoms with Crippen molar-refractivity contribution in [2.45, 2.75) is 71.1 Å². The molecule has 0 bridgehead atoms. The molecule has 0 unspecified atom stereocenters. The number of halogens is 2. The highest BCUT2D eigenvalue weighted by molar-refractivity contribution is 5.93. The molecule has 1 aromatic heterocycles. The molecule has 1 aliphatic carbocycles. The molecule has 1 amide bonds. The van der Waals surface area contributed by atoms with Crippen LogP contribution in [0.4, 0.5) is 14.7 Å². The first-order chi connectivity index (χ1) is 12.5. The van der Waals surface area contributed by atoms with Crippen molar-refractivity contribution in [3.05, 3.63) is 17.7 Å². The van der Waals surface area contributed by atoms with Crippen molar-refractivity contribution in [2.75, 3.05) is 5.32 Å². The van der Waals surface area contributed by atoms with Gasteiger partial charge in [0.1, 0.15) is 5.52 Å². The van der Waals surface area contributed by atoms with Crippen LogP contribution in [0, 0.1) is 6.92 Å². The quantitative estimate of drug-likeness (QED) is 0.795. The predicted molar refractivity (Wildman–Crippen MR) is 98.1 cm³/mol. The molecule has 3 rings (SSSR count). The van der Waals surface area contributed by atoms with Crippen LogP contribution in [0.25, 0.3) is 11.0 Å². The molecule has 1 aromatic carbocycles. The van der Waals surface area contributed by atoms with Crippen molar-refractivity contribution in [3.63, 3.8) is 0 Å². The van der Waals surface area contributed by atoms with Crippen LogP contribution in [0.3, 0.4) is 0 Å². The van der Waals surface area contributed by atoms with Gasteiger partial charge in [0.05, 0.1) is 17.5 Å². The molecule has 0 saturated heterocycles. The van der Waals surface area contributed by atoms with Gasteiger partial charge in [-0.25, -0.2) is 4.98 Å². The lowest BCUT2D eigenvalue weighted by Crippen LogP contribution is -2.38. The largest absolute Gasteiger partial charge is 0.432 e. The van der Waals surface area contributed by atoms with Gasteiger partial charge in [0.15, 0.2) is 5.75 Å². The maximum atomic E-state index is 12.8. The summed E-state index contributed by atoms with van der Waals surface area (Å²) in [5.41, 5.74) is 0.264. The number of carbonyl (C=O) groups is 1. The summed E-state index contributed by atoms with van der Waals surface area (Å²) in [7, 11) is 0. The van der Waals surface area contributed by atoms with Crippen molar-refractivity contribution in [2.24, 2.45) is 0 Å². The van der Waals surface area contributed by atoms with E-state index in [1.54, 1.807) is 20.8 Å². The van der Waals surface area contributed by atoms with E-state index in [9.17, 15) is 18.7 Å². The predicted octanol–water partition coefficient (Wildman–Crippen LogP) is 3.94. The molecule has 1 fully saturated rings. The number of hydrogen-bond acceptors (Lipinski definition) is 4. The fraction of sp³-hybridized carbons (Fsp3) is 0.579. The van der Waals surface area contributed by atoms with E-state index in [1.807, 2.05) is 10.6 Å². The van der Waals surface area contributed by atoms with Crippen LogP contribution in [0.2, 0.25) is 0 Å². The van der Waals surface area contributed by atoms with Gasteiger partial charge < -0.3 is 14.4 Å². The lowest BCUT2D eigenvalue weighted by Gasteiger charge is -2.41. The van der Waals surface area contributed by atoms with E-state index in [2.05, 4.69) is 22.0 Å². The monoisotopic (exact) mass is 381 g/mol. The number of fused-ring (bicyclic) bond motifs is 1. The molecule has 8 heteroatoms. The number of ether oxygens (including phenoxy) is 1. The topological polar surface area (TPSA) is 76.4 Å². The molecular weight excluding hydrogens is 356 g/mol. The van der Waals surface area contributed by atoms with Crippen LogP contribution in [0.1, 0.15) is 52.0 Å². The maximum absolute atomic E-state index is 12.8. The van der Waals surface area contributed by atoms with Gasteiger partial charge in [-0.15, -0.1) is 0 Å². The molecule has 0 radical (unpaired) electrons. The van der Waals surface area contributed by atoms with Gasteiger partial charge in [-0.1, -0.05) is 0 Å². The van der Waals surface area contributed by atoms with Gasteiger partial charge in [-0.2, -0.15) is 8.78 Å². The summed E-state index contributed by atoms with van der Waals surface area (Å²) in [6.45, 7) is 3.97. The van der Waals surface area contributed by atoms with Gasteiger partial charge >= 0.3 is 6.61 Å². The Labute approximate surface area is 156 Å². The molecule has 27 heavy (non-hydrogen) atoms. The number of imidazole rings is 1. The number of aromatic nitrogens is 2. The number of rotatable bonds is 6. The number of aryl methyl sites for hydroxylation is 1. The molecule has 1 aliphatic rings. The second-order valence-electron chi connectivity index (χ2n) is 8.17. The zero-order chi connectivity index (χ0) is 20.0. The Morgan fingerprint density at radius 2 is 2.11 bits per heavy atom. The lowest BCUT2D eigenvalue weighted by molar-refractivity contribution is -0.119. The minimum Gasteiger partial charge on any atom is -0.432 e. The smallest absolute Gasteiger partial charge is 0.387 e. The highest BCUT2D eigenvalue weighted by Gasteiger charge is 2.38. The molecule has 6 nitrogen and oxygen atoms in total. The first-order valence-corrected chi connectivity index (χ1v) is 8.99. The van der Waals surface area contributed by atoms with E-state index in [1.165, 1.54) is 6.07 Å². The zero-order valence-electron chi connectivity index (χ0n) is 16.0. The summed E-state index contributed by atoms with van der Waals surface area (Å²) in [6, 6.07) is 3.37. The van der Waals surface area contributed by atoms with Gasteiger partial charge in [0.2, 0.25) is 11.9 Å². The third kappa shape index (κ3) is 4.05. The Kier molecular flexibility index (Phi) is 4.88. The van der Waals surface area contributed by atoms with Crippen LogP contribution in [0.15, 0.2) is 12.1 Å². The summed E-state index contributed by atoms with van der Waals surface area (Å²) < 4.78 is 32.2. The van der Waals surface area contributed by atoms with Crippen molar-refractivity contribution in [1.82, 2.24) is 9.55 Å². The van der Waals surface area contributed by atoms with Crippen LogP contribution >= 0.6 is 0 Å². The van der Waals surface area contributed by atoms with E-state index >= 15 is 0 Å². The standard InChI is InChI=1S/C19H25F2N3O3/c1-11-8-12-15(13(9-11)27-16(20)21)23-17(22-14(25)10-18(2,3)26)24(12)19(4)6-5-7-19/h8-9,16,26H,5-7,10H2,1-4H3,(H,22,23,25). The average Bonchev–Trinajstić information content (AvgIpc) is 2.80. The Morgan fingerprint density at radius 3 is 2.63 bits per heavy atom. The summed E-state index contributed by atoms with van der Waals surface area (Å²) in [6.07, 6.45) is 2.73. The molecule has 1 saturated carbocycles. The average molecular weight is 381 g/mol. The van der Waals surface area contributed by atoms with E-state index in [-0.39, 0.29) is 29.2 Å². The van der Waals surface area contributed by atoms with Crippen LogP contribution in [-0.4, -0.2) is 32.8 Å². The Balaban J connectivity index is 2.11. The van der Waals surface area contributed by atoms with Gasteiger partial charge in [-0.3, -0.25) is 10.1 Å². The van der Waals surface area contributed by atoms with Crippen molar-refractivity contribution in [3.8, 4) is 5.75 Å². The van der Waals surface area contributed by atoms with Crippen molar-refractivity contribution < 1.29 is 23.4 Å². The van der Waals surface area contributed by atoms with E-state index in [0.29, 0.717) is 5.52 Å². The first kappa shape index (κ1) is 19.5. The third-order valence-electron chi connectivity index (χ3n) is 4.90. The number of carbonyl (C=O) groups excluding carboxylic acids is 1. The highest BCUT2D eigenvalue weighted by atomic mass is 19.3. The second-order valence-corrected chi connectivity index (χ2v) is 8.17. The van der Waals surface area contributed by atoms with Gasteiger partial charge in [0, 0.05) is 5.54 Å². The fourth-order valence-electron chi connectivity index (χ4n) is 3.57. The van der Waals surface area contributed by atoms with E-state index in [0.717, 1.165) is 24.8 Å². The number of amides is 1. The summed E-state index contributed by atoms with van der Waals surface area (Å²) in [5, 5.41) is 12.6. The zero-order valence-corrected chi connectivity index (χ0v) is 16.0. The van der Waals surface area contributed by atoms with Gasteiger partial charge in [-0.05, 0) is 64.7 Å². The third-order valence-corrected chi connectivity index (χ3v) is 4.90. The Morgan fingerprint density at radius 1 is 1.44 bits per heavy atom. The number of benzene rings is 1. The number of anilines is 1. The molecule has 0 spiro atoms. The summed E-state index contributed by atoms with van der Waals surface area (Å²) >= 11 is 0. The highest BCUT2D eigenvalue weighted by Crippen LogP contribution is 2.44. The van der Waals surface area contributed by atoms with E-state index in [4.69, 9.17) is 0 Å². The number of alkyl halides is 2. The number of hydrogen-bond donors (Lipinski definition) is 2. The number of nitrogens with one attached hydrogen (secondary N) is 1. The van der Waals surface area contributed by atoms with Crippen molar-refractivity contribution in [1.29, 1.82) is 0 Å². The first-order valence-electron chi connectivity index (χ1n) is 8.99. The fourth-order valence-corrected chi connectivity index (χ4v) is 3.57. The molecular formula is C19H25F2N3O3. The minimum atomic E-state index is -2.97. The number of nitrogens with zero attached hydrogens (tertiary/aromatic N) is 2. The lowest BCUT2D eigenvalue weighted by atomic mass is 9.78. The SMILES string of the molecule is Cc1cc(OC(F)F)c2nc(NC(=O)CC(C)(C)O)n(C3(C)CCC3)c2c1. The number of aliphatic hydroxyl groups is 1. The van der Waals surface area contributed by atoms with Gasteiger partial charge in [0.25, 0.3) is 0 Å². The molecule has 2 N–H and O–H groups in total. The maximum Gasteiger partial charge on any atom is 0.387 e. The Bertz CT molecular complexity index is 867. The summed E-state index contributed by atoms with van der Waals surface area (Å²) in [5.74, 6) is -0.124. The molecule has 2 aromatic rings. The van der Waals surface area contributed by atoms with Crippen LogP contribution in [0.5, 0.6) is 5.75 Å². The second kappa shape index (κ2) is 6.74. The molecule has 1 heterocycles. The van der Waals surface area contributed by atoms with E-state index < -0.39 is 18.1 Å². The molecule has 148 valence electrons. The minimum absolute atomic E-state index is 0.0142. The molecule has 0 atom stereocenters. The molecule has 0 aliphatic heterocycles. The van der Waals surface area contributed by atoms with Crippen LogP contribution in [-0.2, 0) is 10.3 Å². The summed E-state index contributed by atoms with van der Waals surface area (Å²) in [4.78, 5) is 16.8. The Hall–Kier alpha value is -2.22.